The van der Waals surface area contributed by atoms with Crippen LogP contribution in [0.25, 0.3) is 0 Å². The van der Waals surface area contributed by atoms with Crippen LogP contribution in [0, 0.1) is 94.7 Å². The molecule has 9 saturated carbocycles. The highest BCUT2D eigenvalue weighted by Crippen LogP contribution is 2.84. The van der Waals surface area contributed by atoms with E-state index in [1.165, 1.54) is 101 Å². The Morgan fingerprint density at radius 1 is 0.593 bits per heavy atom. The number of fused-ring (bicyclic) bond motifs is 17. The van der Waals surface area contributed by atoms with Crippen molar-refractivity contribution in [3.63, 3.8) is 0 Å². The molecule has 0 aromatic heterocycles. The molecule has 0 bridgehead atoms. The number of carbonyl (C=O) groups is 1. The molecule has 9 fully saturated rings. The summed E-state index contributed by atoms with van der Waals surface area (Å²) < 4.78 is 34.1. The lowest BCUT2D eigenvalue weighted by Gasteiger charge is -2.85. The molecule has 8 heteroatoms. The van der Waals surface area contributed by atoms with E-state index >= 15 is 0 Å². The molecule has 1 unspecified atom stereocenters. The number of rotatable bonds is 26. The number of carbonyl (C=O) groups excluding carboxylic acids is 1. The lowest BCUT2D eigenvalue weighted by Crippen LogP contribution is -2.80. The van der Waals surface area contributed by atoms with Crippen LogP contribution in [0.2, 0.25) is 0 Å². The molecular weight excluding hydrogens is 695 g/mol. The van der Waals surface area contributed by atoms with Crippen molar-refractivity contribution in [2.45, 2.75) is 161 Å². The summed E-state index contributed by atoms with van der Waals surface area (Å²) in [5, 5.41) is 0. The molecule has 306 valence electrons. The summed E-state index contributed by atoms with van der Waals surface area (Å²) in [5.74, 6) is 17.9. The Morgan fingerprint density at radius 3 is 1.93 bits per heavy atom. The average molecular weight is 771 g/mol. The fourth-order valence-electron chi connectivity index (χ4n) is 15.5. The molecule has 54 heavy (non-hydrogen) atoms. The molecule has 1 N–H and O–H groups in total. The minimum Gasteiger partial charge on any atom is -0.463 e. The Hall–Kier alpha value is -0.460. The number of esters is 1. The Kier molecular flexibility index (Phi) is 12.3. The predicted octanol–water partition coefficient (Wildman–Crippen LogP) is 11.0. The van der Waals surface area contributed by atoms with E-state index in [9.17, 15) is 14.3 Å². The fraction of sp³-hybridized carbons (Fsp3) is 0.978. The van der Waals surface area contributed by atoms with Gasteiger partial charge in [0, 0.05) is 13.0 Å². The third-order valence-electron chi connectivity index (χ3n) is 18.2. The molecule has 9 aliphatic rings. The van der Waals surface area contributed by atoms with Crippen LogP contribution in [0.15, 0.2) is 0 Å². The van der Waals surface area contributed by atoms with Gasteiger partial charge in [0.05, 0.1) is 13.2 Å². The topological polar surface area (TPSA) is 91.3 Å². The van der Waals surface area contributed by atoms with Crippen molar-refractivity contribution in [3.8, 4) is 0 Å². The maximum atomic E-state index is 12.6. The first kappa shape index (κ1) is 39.0. The van der Waals surface area contributed by atoms with Crippen molar-refractivity contribution in [2.24, 2.45) is 94.7 Å². The van der Waals surface area contributed by atoms with Crippen molar-refractivity contribution in [2.75, 3.05) is 26.4 Å². The van der Waals surface area contributed by atoms with Crippen molar-refractivity contribution >= 4 is 13.8 Å². The Bertz CT molecular complexity index is 1310. The van der Waals surface area contributed by atoms with Crippen molar-refractivity contribution in [1.29, 1.82) is 0 Å². The van der Waals surface area contributed by atoms with Gasteiger partial charge in [-0.15, -0.1) is 0 Å². The Morgan fingerprint density at radius 2 is 1.19 bits per heavy atom. The smallest absolute Gasteiger partial charge is 0.463 e. The zero-order chi connectivity index (χ0) is 36.8. The van der Waals surface area contributed by atoms with E-state index in [1.54, 1.807) is 32.1 Å². The molecule has 0 spiro atoms. The Labute approximate surface area is 327 Å². The van der Waals surface area contributed by atoms with Crippen molar-refractivity contribution < 1.29 is 32.8 Å². The SMILES string of the molecule is CCCOP(=O)(O)OC[C@@H](COC(=O)CCCCCCC[C@H]1C[C@@H]2[C@H]3[C@@H]4[C@H]5CC[C@H]5[C@@H]4[C@H]3[C@H]12)OCCCCCCCC[C@H]1CC[C@@H]2[C@H](C1)[C@H]1[C@@H]3CC[C@@H]3[C@@H]21. The quantitative estimate of drug-likeness (QED) is 0.0405. The summed E-state index contributed by atoms with van der Waals surface area (Å²) in [5.41, 5.74) is 0. The minimum absolute atomic E-state index is 0.0342. The van der Waals surface area contributed by atoms with Crippen LogP contribution in [0.1, 0.15) is 155 Å². The van der Waals surface area contributed by atoms with Crippen LogP contribution < -0.4 is 0 Å². The van der Waals surface area contributed by atoms with Gasteiger partial charge in [0.25, 0.3) is 0 Å². The fourth-order valence-corrected chi connectivity index (χ4v) is 16.3. The minimum atomic E-state index is -4.16. The predicted molar refractivity (Wildman–Crippen MR) is 210 cm³/mol. The van der Waals surface area contributed by atoms with Gasteiger partial charge in [0.1, 0.15) is 12.7 Å². The lowest BCUT2D eigenvalue weighted by atomic mass is 9.20. The average Bonchev–Trinajstić information content (AvgIpc) is 3.13. The number of unbranched alkanes of at least 4 members (excludes halogenated alkanes) is 9. The van der Waals surface area contributed by atoms with Crippen molar-refractivity contribution in [3.05, 3.63) is 0 Å². The molecule has 0 saturated heterocycles. The first-order chi connectivity index (χ1) is 26.4. The molecule has 9 rings (SSSR count). The van der Waals surface area contributed by atoms with Gasteiger partial charge >= 0.3 is 13.8 Å². The second-order valence-electron chi connectivity index (χ2n) is 20.5. The zero-order valence-corrected chi connectivity index (χ0v) is 34.6. The number of hydrogen-bond acceptors (Lipinski definition) is 6. The monoisotopic (exact) mass is 771 g/mol. The largest absolute Gasteiger partial charge is 0.472 e. The summed E-state index contributed by atoms with van der Waals surface area (Å²) in [7, 11) is -4.16. The second-order valence-corrected chi connectivity index (χ2v) is 22.0. The number of ether oxygens (including phenoxy) is 2. The highest BCUT2D eigenvalue weighted by molar-refractivity contribution is 7.47. The summed E-state index contributed by atoms with van der Waals surface area (Å²) >= 11 is 0. The van der Waals surface area contributed by atoms with E-state index in [0.717, 1.165) is 96.7 Å². The third kappa shape index (κ3) is 7.49. The van der Waals surface area contributed by atoms with Gasteiger partial charge in [-0.25, -0.2) is 4.57 Å². The molecule has 0 radical (unpaired) electrons. The normalized spacial score (nSPS) is 43.9. The third-order valence-corrected chi connectivity index (χ3v) is 19.2. The van der Waals surface area contributed by atoms with E-state index in [1.807, 2.05) is 6.92 Å². The maximum Gasteiger partial charge on any atom is 0.472 e. The van der Waals surface area contributed by atoms with E-state index < -0.39 is 13.9 Å². The van der Waals surface area contributed by atoms with Gasteiger partial charge in [-0.1, -0.05) is 84.0 Å². The second kappa shape index (κ2) is 17.0. The summed E-state index contributed by atoms with van der Waals surface area (Å²) in [4.78, 5) is 22.6. The molecule has 0 aliphatic heterocycles. The zero-order valence-electron chi connectivity index (χ0n) is 33.8. The number of phosphoric ester groups is 1. The van der Waals surface area contributed by atoms with Crippen LogP contribution in [0.4, 0.5) is 0 Å². The summed E-state index contributed by atoms with van der Waals surface area (Å²) in [6.07, 6.45) is 28.7. The van der Waals surface area contributed by atoms with Crippen LogP contribution >= 0.6 is 7.82 Å². The lowest BCUT2D eigenvalue weighted by molar-refractivity contribution is -0.375. The molecule has 18 atom stereocenters. The number of hydrogen-bond donors (Lipinski definition) is 1. The van der Waals surface area contributed by atoms with E-state index in [0.29, 0.717) is 19.4 Å². The van der Waals surface area contributed by atoms with Crippen LogP contribution in [-0.2, 0) is 27.9 Å². The van der Waals surface area contributed by atoms with Gasteiger partial charge in [-0.2, -0.15) is 0 Å². The maximum absolute atomic E-state index is 12.6. The van der Waals surface area contributed by atoms with E-state index in [-0.39, 0.29) is 25.8 Å². The van der Waals surface area contributed by atoms with Gasteiger partial charge in [0.15, 0.2) is 0 Å². The van der Waals surface area contributed by atoms with E-state index in [4.69, 9.17) is 18.5 Å². The first-order valence-electron chi connectivity index (χ1n) is 23.8. The van der Waals surface area contributed by atoms with Crippen LogP contribution in [-0.4, -0.2) is 43.4 Å². The van der Waals surface area contributed by atoms with Gasteiger partial charge in [-0.05, 0) is 159 Å². The van der Waals surface area contributed by atoms with Gasteiger partial charge < -0.3 is 14.4 Å². The molecule has 0 heterocycles. The van der Waals surface area contributed by atoms with Crippen LogP contribution in [0.3, 0.4) is 0 Å². The van der Waals surface area contributed by atoms with Crippen molar-refractivity contribution in [1.82, 2.24) is 0 Å². The molecule has 0 amide bonds. The van der Waals surface area contributed by atoms with E-state index in [2.05, 4.69) is 0 Å². The molecule has 0 aromatic carbocycles. The summed E-state index contributed by atoms with van der Waals surface area (Å²) in [6.45, 7) is 2.45. The first-order valence-corrected chi connectivity index (χ1v) is 25.3. The highest BCUT2D eigenvalue weighted by Gasteiger charge is 2.79. The molecular formula is C46H75O7P. The van der Waals surface area contributed by atoms with Crippen LogP contribution in [0.5, 0.6) is 0 Å². The summed E-state index contributed by atoms with van der Waals surface area (Å²) in [6, 6.07) is 0. The van der Waals surface area contributed by atoms with Gasteiger partial charge in [0.2, 0.25) is 0 Å². The Balaban J connectivity index is 0.589. The standard InChI is InChI=1S/C46H75O7P/c1-2-23-52-54(48,49)53-28-31(50-24-13-9-4-3-6-10-14-29-17-18-36-37(25-29)42-33-20-19-32(33)41(36)42)27-51-39(47)16-12-8-5-7-11-15-30-26-38-40(30)46-44-35-22-21-34(35)43(44)45(38)46/h29-38,40-46H,2-28H2,1H3,(H,48,49)/t29-,30-,31+,32-,33+,34-,35+,36+,37-,38-,40+,41-,42+,43+,44-,45-,46+/m0/s1. The molecule has 0 aromatic rings. The molecule has 9 aliphatic carbocycles. The highest BCUT2D eigenvalue weighted by atomic mass is 31.2. The van der Waals surface area contributed by atoms with Gasteiger partial charge in [-0.3, -0.25) is 13.8 Å². The number of phosphoric acid groups is 1. The molecule has 7 nitrogen and oxygen atoms in total.